The molecule has 17 heteroatoms. The van der Waals surface area contributed by atoms with Gasteiger partial charge in [0.25, 0.3) is 0 Å². The molecule has 2 fully saturated rings. The second-order valence-electron chi connectivity index (χ2n) is 20.4. The number of hydrogen-bond donors (Lipinski definition) is 11. The Morgan fingerprint density at radius 2 is 0.929 bits per heavy atom. The van der Waals surface area contributed by atoms with Gasteiger partial charge >= 0.3 is 0 Å². The van der Waals surface area contributed by atoms with E-state index in [1.165, 1.54) is 122 Å². The largest absolute Gasteiger partial charge is 0.394 e. The van der Waals surface area contributed by atoms with Gasteiger partial charge in [0.15, 0.2) is 12.6 Å². The molecular weight excluding hydrogens is 905 g/mol. The van der Waals surface area contributed by atoms with Gasteiger partial charge in [0.05, 0.1) is 32.0 Å². The van der Waals surface area contributed by atoms with Gasteiger partial charge in [-0.2, -0.15) is 0 Å². The number of carbonyl (C=O) groups is 2. The minimum Gasteiger partial charge on any atom is -0.394 e. The Morgan fingerprint density at radius 3 is 1.36 bits per heavy atom. The first-order chi connectivity index (χ1) is 33.8. The summed E-state index contributed by atoms with van der Waals surface area (Å²) in [6.07, 6.45) is 15.7. The fourth-order valence-corrected chi connectivity index (χ4v) is 9.62. The highest BCUT2D eigenvalue weighted by molar-refractivity contribution is 5.80. The zero-order valence-corrected chi connectivity index (χ0v) is 43.6. The summed E-state index contributed by atoms with van der Waals surface area (Å²) in [5.74, 6) is -1.40. The third-order valence-electron chi connectivity index (χ3n) is 14.2. The summed E-state index contributed by atoms with van der Waals surface area (Å²) in [5.41, 5.74) is 0. The molecule has 2 saturated heterocycles. The highest BCUT2D eigenvalue weighted by Crippen LogP contribution is 2.30. The van der Waals surface area contributed by atoms with Gasteiger partial charge in [-0.25, -0.2) is 0 Å². The minimum atomic E-state index is -1.85. The van der Waals surface area contributed by atoms with Crippen molar-refractivity contribution >= 4 is 11.8 Å². The van der Waals surface area contributed by atoms with Crippen molar-refractivity contribution in [3.8, 4) is 0 Å². The molecule has 17 nitrogen and oxygen atoms in total. The molecule has 11 N–H and O–H groups in total. The van der Waals surface area contributed by atoms with Crippen LogP contribution in [0.25, 0.3) is 0 Å². The van der Waals surface area contributed by atoms with Crippen molar-refractivity contribution in [2.45, 2.75) is 306 Å². The minimum absolute atomic E-state index is 0.195. The summed E-state index contributed by atoms with van der Waals surface area (Å²) < 4.78 is 23.1. The zero-order valence-electron chi connectivity index (χ0n) is 43.6. The number of carbonyl (C=O) groups excluding carboxylic acids is 2. The van der Waals surface area contributed by atoms with Crippen LogP contribution in [0.15, 0.2) is 0 Å². The Morgan fingerprint density at radius 1 is 0.529 bits per heavy atom. The van der Waals surface area contributed by atoms with Gasteiger partial charge < -0.3 is 75.5 Å². The molecule has 0 aromatic carbocycles. The van der Waals surface area contributed by atoms with E-state index in [9.17, 15) is 55.5 Å². The predicted molar refractivity (Wildman–Crippen MR) is 268 cm³/mol. The second-order valence-corrected chi connectivity index (χ2v) is 20.4. The summed E-state index contributed by atoms with van der Waals surface area (Å²) in [5, 5.41) is 102. The Labute approximate surface area is 421 Å². The Balaban J connectivity index is 1.96. The van der Waals surface area contributed by atoms with Gasteiger partial charge in [-0.05, 0) is 12.8 Å². The van der Waals surface area contributed by atoms with Crippen LogP contribution in [0.5, 0.6) is 0 Å². The molecule has 0 saturated carbocycles. The second kappa shape index (κ2) is 39.8. The summed E-state index contributed by atoms with van der Waals surface area (Å²) in [6, 6.07) is -2.71. The maximum Gasteiger partial charge on any atom is 0.249 e. The van der Waals surface area contributed by atoms with Gasteiger partial charge in [0.1, 0.15) is 61.0 Å². The molecule has 0 aromatic heterocycles. The predicted octanol–water partition coefficient (Wildman–Crippen LogP) is 5.47. The van der Waals surface area contributed by atoms with E-state index in [2.05, 4.69) is 24.5 Å². The molecule has 70 heavy (non-hydrogen) atoms. The van der Waals surface area contributed by atoms with Crippen LogP contribution >= 0.6 is 0 Å². The number of amides is 2. The van der Waals surface area contributed by atoms with Crippen molar-refractivity contribution in [1.29, 1.82) is 0 Å². The lowest BCUT2D eigenvalue weighted by molar-refractivity contribution is -0.348. The standard InChI is InChI=1S/C53H102N2O15/c1-4-6-8-10-12-14-16-17-18-19-20-21-22-24-26-28-30-32-34-41(60)51(66)55-39(45(61)40(59)33-31-29-27-25-23-15-13-11-9-7-5-2)37-67-53-49(65)50(47(63)43(36-57)69-53)70-52-44(54-38(3)58)48(64)46(62)42(35-56)68-52/h39-50,52-53,56-57,59-65H,4-37H2,1-3H3,(H,54,58)(H,55,66). The summed E-state index contributed by atoms with van der Waals surface area (Å²) in [6.45, 7) is 3.53. The van der Waals surface area contributed by atoms with Crippen LogP contribution < -0.4 is 10.6 Å². The third-order valence-corrected chi connectivity index (χ3v) is 14.2. The monoisotopic (exact) mass is 1010 g/mol. The molecule has 2 aliphatic heterocycles. The summed E-state index contributed by atoms with van der Waals surface area (Å²) in [7, 11) is 0. The van der Waals surface area contributed by atoms with E-state index in [1.54, 1.807) is 0 Å². The quantitative estimate of drug-likeness (QED) is 0.0338. The van der Waals surface area contributed by atoms with Gasteiger partial charge in [-0.15, -0.1) is 0 Å². The van der Waals surface area contributed by atoms with E-state index in [1.807, 2.05) is 0 Å². The molecule has 0 bridgehead atoms. The van der Waals surface area contributed by atoms with Gasteiger partial charge in [0, 0.05) is 6.92 Å². The van der Waals surface area contributed by atoms with E-state index >= 15 is 0 Å². The Kier molecular flexibility index (Phi) is 36.7. The van der Waals surface area contributed by atoms with Crippen LogP contribution in [0.3, 0.4) is 0 Å². The molecule has 0 aliphatic carbocycles. The van der Waals surface area contributed by atoms with Crippen LogP contribution in [0.2, 0.25) is 0 Å². The van der Waals surface area contributed by atoms with Crippen molar-refractivity contribution in [3.05, 3.63) is 0 Å². The number of aliphatic hydroxyl groups excluding tert-OH is 9. The molecule has 2 rings (SSSR count). The smallest absolute Gasteiger partial charge is 0.249 e. The number of rotatable bonds is 43. The lowest BCUT2D eigenvalue weighted by atomic mass is 9.95. The SMILES string of the molecule is CCCCCCCCCCCCCCCCCCCCC(O)C(=O)NC(COC1OC(CO)C(O)C(OC2OC(CO)C(O)C(O)C2NC(C)=O)C1O)C(O)C(O)CCCCCCCCCCCCC. The molecule has 2 amide bonds. The van der Waals surface area contributed by atoms with Crippen LogP contribution in [-0.4, -0.2) is 163 Å². The third kappa shape index (κ3) is 26.1. The molecule has 0 spiro atoms. The summed E-state index contributed by atoms with van der Waals surface area (Å²) in [4.78, 5) is 25.4. The molecule has 0 aromatic rings. The fourth-order valence-electron chi connectivity index (χ4n) is 9.62. The summed E-state index contributed by atoms with van der Waals surface area (Å²) >= 11 is 0. The lowest BCUT2D eigenvalue weighted by Crippen LogP contribution is -2.68. The van der Waals surface area contributed by atoms with Gasteiger partial charge in [0.2, 0.25) is 11.8 Å². The van der Waals surface area contributed by atoms with Crippen molar-refractivity contribution < 1.29 is 74.5 Å². The van der Waals surface area contributed by atoms with Gasteiger partial charge in [-0.3, -0.25) is 9.59 Å². The zero-order chi connectivity index (χ0) is 51.5. The van der Waals surface area contributed by atoms with Crippen LogP contribution in [0, 0.1) is 0 Å². The molecule has 14 unspecified atom stereocenters. The lowest BCUT2D eigenvalue weighted by Gasteiger charge is -2.47. The number of nitrogens with one attached hydrogen (secondary N) is 2. The number of aliphatic hydroxyl groups is 9. The maximum absolute atomic E-state index is 13.4. The van der Waals surface area contributed by atoms with E-state index < -0.39 is 117 Å². The first-order valence-corrected chi connectivity index (χ1v) is 27.9. The van der Waals surface area contributed by atoms with E-state index in [-0.39, 0.29) is 12.8 Å². The highest BCUT2D eigenvalue weighted by Gasteiger charge is 2.51. The van der Waals surface area contributed by atoms with Crippen molar-refractivity contribution in [2.75, 3.05) is 19.8 Å². The van der Waals surface area contributed by atoms with Crippen molar-refractivity contribution in [1.82, 2.24) is 10.6 Å². The first-order valence-electron chi connectivity index (χ1n) is 27.9. The van der Waals surface area contributed by atoms with Crippen molar-refractivity contribution in [2.24, 2.45) is 0 Å². The Bertz CT molecular complexity index is 1290. The number of ether oxygens (including phenoxy) is 4. The number of hydrogen-bond acceptors (Lipinski definition) is 15. The average molecular weight is 1010 g/mol. The highest BCUT2D eigenvalue weighted by atomic mass is 16.7. The van der Waals surface area contributed by atoms with E-state index in [0.717, 1.165) is 58.3 Å². The fraction of sp³-hybridized carbons (Fsp3) is 0.962. The molecule has 2 aliphatic rings. The molecule has 0 radical (unpaired) electrons. The molecule has 414 valence electrons. The topological polar surface area (TPSA) is 277 Å². The normalized spacial score (nSPS) is 26.7. The first kappa shape index (κ1) is 64.5. The molecule has 2 heterocycles. The molecular formula is C53H102N2O15. The number of unbranched alkanes of at least 4 members (excludes halogenated alkanes) is 27. The maximum atomic E-state index is 13.4. The van der Waals surface area contributed by atoms with Crippen LogP contribution in [-0.2, 0) is 28.5 Å². The van der Waals surface area contributed by atoms with E-state index in [0.29, 0.717) is 12.8 Å². The van der Waals surface area contributed by atoms with Crippen molar-refractivity contribution in [3.63, 3.8) is 0 Å². The van der Waals surface area contributed by atoms with Gasteiger partial charge in [-0.1, -0.05) is 200 Å². The van der Waals surface area contributed by atoms with E-state index in [4.69, 9.17) is 18.9 Å². The van der Waals surface area contributed by atoms with Crippen LogP contribution in [0.1, 0.15) is 220 Å². The average Bonchev–Trinajstić information content (AvgIpc) is 3.34. The Hall–Kier alpha value is -1.58. The molecule has 14 atom stereocenters. The van der Waals surface area contributed by atoms with Crippen LogP contribution in [0.4, 0.5) is 0 Å².